The van der Waals surface area contributed by atoms with Crippen molar-refractivity contribution in [3.8, 4) is 0 Å². The third kappa shape index (κ3) is 2.19. The van der Waals surface area contributed by atoms with E-state index in [1.165, 1.54) is 12.1 Å². The molecule has 1 heterocycles. The van der Waals surface area contributed by atoms with Gasteiger partial charge in [0.25, 0.3) is 21.8 Å². The zero-order valence-electron chi connectivity index (χ0n) is 12.9. The molecule has 8 nitrogen and oxygen atoms in total. The minimum Gasteiger partial charge on any atom is -0.480 e. The van der Waals surface area contributed by atoms with Gasteiger partial charge in [-0.2, -0.15) is 0 Å². The van der Waals surface area contributed by atoms with Crippen LogP contribution in [0.4, 0.5) is 0 Å². The number of carbonyl (C=O) groups is 3. The van der Waals surface area contributed by atoms with Crippen LogP contribution in [-0.4, -0.2) is 47.7 Å². The molecule has 0 atom stereocenters. The molecule has 1 fully saturated rings. The number of hydrogen-bond acceptors (Lipinski definition) is 5. The number of nitrogens with zero attached hydrogens (tertiary/aromatic N) is 1. The maximum absolute atomic E-state index is 12.3. The quantitative estimate of drug-likeness (QED) is 0.818. The molecule has 24 heavy (non-hydrogen) atoms. The fourth-order valence-electron chi connectivity index (χ4n) is 2.94. The van der Waals surface area contributed by atoms with Crippen LogP contribution >= 0.6 is 0 Å². The van der Waals surface area contributed by atoms with Crippen molar-refractivity contribution in [2.75, 3.05) is 6.54 Å². The highest BCUT2D eigenvalue weighted by Crippen LogP contribution is 2.33. The van der Waals surface area contributed by atoms with E-state index < -0.39 is 33.3 Å². The molecule has 0 saturated heterocycles. The fraction of sp³-hybridized carbons (Fsp3) is 0.400. The number of aliphatic carboxylic acids is 1. The number of sulfonamides is 1. The molecule has 0 radical (unpaired) electrons. The Kier molecular flexibility index (Phi) is 3.63. The summed E-state index contributed by atoms with van der Waals surface area (Å²) in [6, 6.07) is 3.74. The minimum absolute atomic E-state index is 0.000494. The van der Waals surface area contributed by atoms with Gasteiger partial charge >= 0.3 is 5.97 Å². The number of carbonyl (C=O) groups excluding carboxylic acids is 2. The summed E-state index contributed by atoms with van der Waals surface area (Å²) >= 11 is 0. The topological polar surface area (TPSA) is 121 Å². The summed E-state index contributed by atoms with van der Waals surface area (Å²) in [4.78, 5) is 35.5. The minimum atomic E-state index is -3.97. The molecule has 0 bridgehead atoms. The van der Waals surface area contributed by atoms with Crippen LogP contribution in [0.2, 0.25) is 0 Å². The summed E-state index contributed by atoms with van der Waals surface area (Å²) in [7, 11) is -3.97. The highest BCUT2D eigenvalue weighted by Gasteiger charge is 2.46. The number of carboxylic acid groups (broad SMARTS) is 1. The smallest absolute Gasteiger partial charge is 0.329 e. The first-order chi connectivity index (χ1) is 11.2. The Hall–Kier alpha value is -2.42. The summed E-state index contributed by atoms with van der Waals surface area (Å²) < 4.78 is 25.4. The number of nitrogens with one attached hydrogen (secondary N) is 1. The van der Waals surface area contributed by atoms with Gasteiger partial charge in [0.1, 0.15) is 10.4 Å². The van der Waals surface area contributed by atoms with Crippen LogP contribution in [0.25, 0.3) is 0 Å². The molecule has 2 N–H and O–H groups in total. The van der Waals surface area contributed by atoms with Crippen molar-refractivity contribution in [1.82, 2.24) is 9.62 Å². The monoisotopic (exact) mass is 352 g/mol. The molecule has 2 amide bonds. The van der Waals surface area contributed by atoms with E-state index in [1.807, 2.05) is 0 Å². The normalized spacial score (nSPS) is 20.2. The average molecular weight is 352 g/mol. The van der Waals surface area contributed by atoms with E-state index in [0.29, 0.717) is 19.3 Å². The Morgan fingerprint density at radius 3 is 2.50 bits per heavy atom. The van der Waals surface area contributed by atoms with Crippen molar-refractivity contribution in [2.45, 2.75) is 36.6 Å². The maximum atomic E-state index is 12.3. The molecule has 1 aliphatic heterocycles. The van der Waals surface area contributed by atoms with Gasteiger partial charge in [-0.1, -0.05) is 0 Å². The largest absolute Gasteiger partial charge is 0.480 e. The third-order valence-electron chi connectivity index (χ3n) is 4.53. The third-order valence-corrected chi connectivity index (χ3v) is 6.42. The van der Waals surface area contributed by atoms with Gasteiger partial charge in [0.2, 0.25) is 0 Å². The number of rotatable bonds is 4. The number of benzene rings is 1. The van der Waals surface area contributed by atoms with Gasteiger partial charge in [-0.05, 0) is 44.4 Å². The molecule has 1 aromatic rings. The Bertz CT molecular complexity index is 857. The number of fused-ring (bicyclic) bond motifs is 1. The van der Waals surface area contributed by atoms with Crippen LogP contribution < -0.4 is 5.32 Å². The van der Waals surface area contributed by atoms with Gasteiger partial charge in [-0.15, -0.1) is 0 Å². The summed E-state index contributed by atoms with van der Waals surface area (Å²) in [6.45, 7) is 1.54. The molecular formula is C15H16N2O6S. The van der Waals surface area contributed by atoms with Crippen molar-refractivity contribution < 1.29 is 27.9 Å². The predicted octanol–water partition coefficient (Wildman–Crippen LogP) is 0.588. The van der Waals surface area contributed by atoms with Gasteiger partial charge in [0.15, 0.2) is 0 Å². The fourth-order valence-corrected chi connectivity index (χ4v) is 4.54. The lowest BCUT2D eigenvalue weighted by molar-refractivity contribution is -0.148. The SMILES string of the molecule is CCN1C(=O)c2ccc(C(=O)NC3(C(=O)O)CCC3)cc2S1(=O)=O. The van der Waals surface area contributed by atoms with Gasteiger partial charge in [-0.25, -0.2) is 17.5 Å². The van der Waals surface area contributed by atoms with Crippen LogP contribution in [0.3, 0.4) is 0 Å². The predicted molar refractivity (Wildman–Crippen MR) is 82.0 cm³/mol. The Labute approximate surface area is 138 Å². The average Bonchev–Trinajstić information content (AvgIpc) is 2.68. The molecule has 9 heteroatoms. The van der Waals surface area contributed by atoms with Crippen LogP contribution in [0.15, 0.2) is 23.1 Å². The Balaban J connectivity index is 1.95. The standard InChI is InChI=1S/C15H16N2O6S/c1-2-17-13(19)10-5-4-9(8-11(10)24(17,22)23)12(18)16-15(14(20)21)6-3-7-15/h4-5,8H,2-3,6-7H2,1H3,(H,16,18)(H,20,21). The van der Waals surface area contributed by atoms with Crippen LogP contribution in [0.1, 0.15) is 46.9 Å². The molecule has 128 valence electrons. The Morgan fingerprint density at radius 1 is 1.33 bits per heavy atom. The van der Waals surface area contributed by atoms with E-state index in [1.54, 1.807) is 6.92 Å². The molecule has 1 saturated carbocycles. The van der Waals surface area contributed by atoms with Gasteiger partial charge < -0.3 is 10.4 Å². The zero-order valence-corrected chi connectivity index (χ0v) is 13.7. The van der Waals surface area contributed by atoms with Crippen LogP contribution in [0, 0.1) is 0 Å². The number of amides is 2. The maximum Gasteiger partial charge on any atom is 0.329 e. The Morgan fingerprint density at radius 2 is 2.00 bits per heavy atom. The van der Waals surface area contributed by atoms with Gasteiger partial charge in [0.05, 0.1) is 5.56 Å². The molecule has 2 aliphatic rings. The van der Waals surface area contributed by atoms with E-state index in [-0.39, 0.29) is 22.6 Å². The zero-order chi connectivity index (χ0) is 17.7. The first kappa shape index (κ1) is 16.4. The molecular weight excluding hydrogens is 336 g/mol. The van der Waals surface area contributed by atoms with E-state index in [2.05, 4.69) is 5.32 Å². The van der Waals surface area contributed by atoms with Gasteiger partial charge in [0, 0.05) is 12.1 Å². The first-order valence-corrected chi connectivity index (χ1v) is 8.94. The molecule has 0 spiro atoms. The second kappa shape index (κ2) is 5.30. The van der Waals surface area contributed by atoms with Crippen molar-refractivity contribution >= 4 is 27.8 Å². The lowest BCUT2D eigenvalue weighted by Gasteiger charge is -2.38. The number of carboxylic acids is 1. The van der Waals surface area contributed by atoms with Gasteiger partial charge in [-0.3, -0.25) is 9.59 Å². The van der Waals surface area contributed by atoms with E-state index in [4.69, 9.17) is 0 Å². The molecule has 3 rings (SSSR count). The van der Waals surface area contributed by atoms with E-state index >= 15 is 0 Å². The van der Waals surface area contributed by atoms with E-state index in [0.717, 1.165) is 10.4 Å². The van der Waals surface area contributed by atoms with Crippen LogP contribution in [0.5, 0.6) is 0 Å². The highest BCUT2D eigenvalue weighted by atomic mass is 32.2. The molecule has 1 aliphatic carbocycles. The van der Waals surface area contributed by atoms with E-state index in [9.17, 15) is 27.9 Å². The van der Waals surface area contributed by atoms with Crippen molar-refractivity contribution in [3.63, 3.8) is 0 Å². The summed E-state index contributed by atoms with van der Waals surface area (Å²) in [5.41, 5.74) is -1.26. The molecule has 1 aromatic carbocycles. The summed E-state index contributed by atoms with van der Waals surface area (Å²) in [5.74, 6) is -2.40. The molecule has 0 aromatic heterocycles. The second-order valence-electron chi connectivity index (χ2n) is 5.88. The second-order valence-corrected chi connectivity index (χ2v) is 7.71. The number of hydrogen-bond donors (Lipinski definition) is 2. The van der Waals surface area contributed by atoms with Crippen molar-refractivity contribution in [2.24, 2.45) is 0 Å². The van der Waals surface area contributed by atoms with Crippen LogP contribution in [-0.2, 0) is 14.8 Å². The first-order valence-electron chi connectivity index (χ1n) is 7.50. The highest BCUT2D eigenvalue weighted by molar-refractivity contribution is 7.90. The molecule has 0 unspecified atom stereocenters. The van der Waals surface area contributed by atoms with Crippen molar-refractivity contribution in [3.05, 3.63) is 29.3 Å². The lowest BCUT2D eigenvalue weighted by Crippen LogP contribution is -2.59. The summed E-state index contributed by atoms with van der Waals surface area (Å²) in [5, 5.41) is 11.7. The lowest BCUT2D eigenvalue weighted by atomic mass is 9.76. The van der Waals surface area contributed by atoms with Crippen molar-refractivity contribution in [1.29, 1.82) is 0 Å². The summed E-state index contributed by atoms with van der Waals surface area (Å²) in [6.07, 6.45) is 1.37.